The molecule has 2 aliphatic carbocycles. The number of halogens is 2. The van der Waals surface area contributed by atoms with Crippen LogP contribution >= 0.6 is 0 Å². The lowest BCUT2D eigenvalue weighted by atomic mass is 9.75. The second-order valence-electron chi connectivity index (χ2n) is 6.30. The summed E-state index contributed by atoms with van der Waals surface area (Å²) < 4.78 is 28.4. The van der Waals surface area contributed by atoms with Gasteiger partial charge in [-0.2, -0.15) is 8.78 Å². The molecule has 1 aromatic rings. The summed E-state index contributed by atoms with van der Waals surface area (Å²) in [6.07, 6.45) is 3.64. The average Bonchev–Trinajstić information content (AvgIpc) is 3.26. The zero-order valence-electron chi connectivity index (χ0n) is 12.4. The minimum absolute atomic E-state index is 0.0531. The Morgan fingerprint density at radius 3 is 2.68 bits per heavy atom. The SMILES string of the molecule is Cc1ccnc(C(NC(=O)C(F)(F)C2(O)CCC2)C2CC2)n1. The number of aromatic nitrogens is 2. The van der Waals surface area contributed by atoms with Crippen molar-refractivity contribution in [1.82, 2.24) is 15.3 Å². The molecule has 1 amide bonds. The van der Waals surface area contributed by atoms with Gasteiger partial charge in [-0.25, -0.2) is 9.97 Å². The van der Waals surface area contributed by atoms with Crippen LogP contribution in [-0.2, 0) is 4.79 Å². The summed E-state index contributed by atoms with van der Waals surface area (Å²) in [5.74, 6) is -4.79. The lowest BCUT2D eigenvalue weighted by molar-refractivity contribution is -0.216. The fraction of sp³-hybridized carbons (Fsp3) is 0.667. The number of aryl methyl sites for hydroxylation is 1. The number of aliphatic hydroxyl groups is 1. The van der Waals surface area contributed by atoms with Gasteiger partial charge in [0.05, 0.1) is 6.04 Å². The number of rotatable bonds is 5. The van der Waals surface area contributed by atoms with Crippen LogP contribution in [0.15, 0.2) is 12.3 Å². The smallest absolute Gasteiger partial charge is 0.352 e. The molecule has 120 valence electrons. The molecular weight excluding hydrogens is 292 g/mol. The first-order valence-electron chi connectivity index (χ1n) is 7.54. The summed E-state index contributed by atoms with van der Waals surface area (Å²) in [6, 6.07) is 1.09. The van der Waals surface area contributed by atoms with Gasteiger partial charge in [-0.3, -0.25) is 4.79 Å². The number of hydrogen-bond acceptors (Lipinski definition) is 4. The van der Waals surface area contributed by atoms with Crippen molar-refractivity contribution in [1.29, 1.82) is 0 Å². The Kier molecular flexibility index (Phi) is 3.63. The van der Waals surface area contributed by atoms with E-state index in [-0.39, 0.29) is 18.8 Å². The number of alkyl halides is 2. The third-order valence-electron chi connectivity index (χ3n) is 4.52. The Bertz CT molecular complexity index is 586. The highest BCUT2D eigenvalue weighted by atomic mass is 19.3. The van der Waals surface area contributed by atoms with Gasteiger partial charge in [0.15, 0.2) is 5.82 Å². The summed E-state index contributed by atoms with van der Waals surface area (Å²) in [5.41, 5.74) is -1.49. The number of carbonyl (C=O) groups excluding carboxylic acids is 1. The largest absolute Gasteiger partial charge is 0.383 e. The number of nitrogens with zero attached hydrogens (tertiary/aromatic N) is 2. The summed E-state index contributed by atoms with van der Waals surface area (Å²) in [5, 5.41) is 12.2. The summed E-state index contributed by atoms with van der Waals surface area (Å²) in [4.78, 5) is 20.4. The molecule has 0 spiro atoms. The highest BCUT2D eigenvalue weighted by Gasteiger charge is 2.61. The molecule has 5 nitrogen and oxygen atoms in total. The number of carbonyl (C=O) groups is 1. The van der Waals surface area contributed by atoms with E-state index in [1.54, 1.807) is 19.2 Å². The van der Waals surface area contributed by atoms with E-state index in [0.29, 0.717) is 17.9 Å². The van der Waals surface area contributed by atoms with Crippen LogP contribution in [0.2, 0.25) is 0 Å². The molecule has 1 aromatic heterocycles. The zero-order valence-corrected chi connectivity index (χ0v) is 12.4. The lowest BCUT2D eigenvalue weighted by Gasteiger charge is -2.41. The zero-order chi connectivity index (χ0) is 16.0. The van der Waals surface area contributed by atoms with Gasteiger partial charge in [-0.1, -0.05) is 0 Å². The highest BCUT2D eigenvalue weighted by Crippen LogP contribution is 2.45. The summed E-state index contributed by atoms with van der Waals surface area (Å²) in [6.45, 7) is 1.78. The molecule has 0 aromatic carbocycles. The van der Waals surface area contributed by atoms with E-state index in [0.717, 1.165) is 12.8 Å². The predicted molar refractivity (Wildman–Crippen MR) is 74.1 cm³/mol. The molecule has 2 N–H and O–H groups in total. The Labute approximate surface area is 127 Å². The van der Waals surface area contributed by atoms with E-state index < -0.39 is 23.5 Å². The summed E-state index contributed by atoms with van der Waals surface area (Å²) in [7, 11) is 0. The van der Waals surface area contributed by atoms with Gasteiger partial charge < -0.3 is 10.4 Å². The van der Waals surface area contributed by atoms with Crippen LogP contribution in [0, 0.1) is 12.8 Å². The molecule has 0 bridgehead atoms. The maximum Gasteiger partial charge on any atom is 0.352 e. The lowest BCUT2D eigenvalue weighted by Crippen LogP contribution is -2.61. The maximum absolute atomic E-state index is 14.2. The van der Waals surface area contributed by atoms with Crippen molar-refractivity contribution < 1.29 is 18.7 Å². The van der Waals surface area contributed by atoms with E-state index in [2.05, 4.69) is 15.3 Å². The van der Waals surface area contributed by atoms with Gasteiger partial charge in [0.2, 0.25) is 0 Å². The Balaban J connectivity index is 1.78. The molecule has 2 aliphatic rings. The van der Waals surface area contributed by atoms with Gasteiger partial charge >= 0.3 is 5.92 Å². The van der Waals surface area contributed by atoms with E-state index in [1.807, 2.05) is 0 Å². The number of amides is 1. The van der Waals surface area contributed by atoms with Crippen LogP contribution in [0.3, 0.4) is 0 Å². The van der Waals surface area contributed by atoms with E-state index >= 15 is 0 Å². The van der Waals surface area contributed by atoms with Crippen LogP contribution in [0.25, 0.3) is 0 Å². The van der Waals surface area contributed by atoms with Gasteiger partial charge in [0.25, 0.3) is 5.91 Å². The molecule has 0 saturated heterocycles. The molecule has 2 fully saturated rings. The predicted octanol–water partition coefficient (Wildman–Crippen LogP) is 1.90. The Morgan fingerprint density at radius 2 is 2.18 bits per heavy atom. The maximum atomic E-state index is 14.2. The van der Waals surface area contributed by atoms with Crippen LogP contribution < -0.4 is 5.32 Å². The molecule has 22 heavy (non-hydrogen) atoms. The standard InChI is InChI=1S/C15H19F2N3O2/c1-9-5-8-18-12(19-9)11(10-3-4-10)20-13(21)15(16,17)14(22)6-2-7-14/h5,8,10-11,22H,2-4,6-7H2,1H3,(H,20,21). The third-order valence-corrected chi connectivity index (χ3v) is 4.52. The monoisotopic (exact) mass is 311 g/mol. The molecule has 3 rings (SSSR count). The van der Waals surface area contributed by atoms with Crippen LogP contribution in [0.4, 0.5) is 8.78 Å². The highest BCUT2D eigenvalue weighted by molar-refractivity contribution is 5.85. The van der Waals surface area contributed by atoms with E-state index in [9.17, 15) is 18.7 Å². The van der Waals surface area contributed by atoms with Gasteiger partial charge in [0, 0.05) is 11.9 Å². The minimum atomic E-state index is -3.79. The molecule has 0 radical (unpaired) electrons. The molecular formula is C15H19F2N3O2. The average molecular weight is 311 g/mol. The quantitative estimate of drug-likeness (QED) is 0.871. The Morgan fingerprint density at radius 1 is 1.50 bits per heavy atom. The van der Waals surface area contributed by atoms with Crippen LogP contribution in [0.1, 0.15) is 49.7 Å². The van der Waals surface area contributed by atoms with Crippen molar-refractivity contribution in [3.8, 4) is 0 Å². The second kappa shape index (κ2) is 5.22. The third kappa shape index (κ3) is 2.58. The van der Waals surface area contributed by atoms with Gasteiger partial charge in [-0.05, 0) is 51.0 Å². The fourth-order valence-corrected chi connectivity index (χ4v) is 2.71. The van der Waals surface area contributed by atoms with Crippen molar-refractivity contribution in [3.05, 3.63) is 23.8 Å². The van der Waals surface area contributed by atoms with E-state index in [4.69, 9.17) is 0 Å². The molecule has 1 atom stereocenters. The fourth-order valence-electron chi connectivity index (χ4n) is 2.71. The van der Waals surface area contributed by atoms with Crippen molar-refractivity contribution in [2.45, 2.75) is 56.6 Å². The first-order valence-corrected chi connectivity index (χ1v) is 7.54. The first kappa shape index (κ1) is 15.3. The molecule has 1 unspecified atom stereocenters. The molecule has 1 heterocycles. The summed E-state index contributed by atoms with van der Waals surface area (Å²) >= 11 is 0. The van der Waals surface area contributed by atoms with Crippen LogP contribution in [-0.4, -0.2) is 32.5 Å². The van der Waals surface area contributed by atoms with Gasteiger partial charge in [0.1, 0.15) is 5.60 Å². The normalized spacial score (nSPS) is 21.8. The first-order chi connectivity index (χ1) is 10.3. The van der Waals surface area contributed by atoms with E-state index in [1.165, 1.54) is 0 Å². The van der Waals surface area contributed by atoms with Crippen molar-refractivity contribution in [2.75, 3.05) is 0 Å². The van der Waals surface area contributed by atoms with Crippen molar-refractivity contribution in [2.24, 2.45) is 5.92 Å². The van der Waals surface area contributed by atoms with Crippen molar-refractivity contribution >= 4 is 5.91 Å². The Hall–Kier alpha value is -1.63. The second-order valence-corrected chi connectivity index (χ2v) is 6.30. The van der Waals surface area contributed by atoms with Crippen LogP contribution in [0.5, 0.6) is 0 Å². The molecule has 7 heteroatoms. The topological polar surface area (TPSA) is 75.1 Å². The van der Waals surface area contributed by atoms with Gasteiger partial charge in [-0.15, -0.1) is 0 Å². The molecule has 2 saturated carbocycles. The number of hydrogen-bond donors (Lipinski definition) is 2. The molecule has 0 aliphatic heterocycles. The van der Waals surface area contributed by atoms with Crippen molar-refractivity contribution in [3.63, 3.8) is 0 Å². The minimum Gasteiger partial charge on any atom is -0.383 e. The number of nitrogens with one attached hydrogen (secondary N) is 1.